The molecule has 92 valence electrons. The van der Waals surface area contributed by atoms with Gasteiger partial charge in [-0.05, 0) is 54.6 Å². The van der Waals surface area contributed by atoms with Gasteiger partial charge in [0.05, 0.1) is 16.1 Å². The Bertz CT molecular complexity index is 477. The lowest BCUT2D eigenvalue weighted by molar-refractivity contribution is 0.0931. The van der Waals surface area contributed by atoms with E-state index in [4.69, 9.17) is 29.6 Å². The summed E-state index contributed by atoms with van der Waals surface area (Å²) in [5.41, 5.74) is 5.35. The van der Waals surface area contributed by atoms with Gasteiger partial charge >= 0.3 is 0 Å². The first-order valence-electron chi connectivity index (χ1n) is 4.81. The molecule has 0 aliphatic rings. The summed E-state index contributed by atoms with van der Waals surface area (Å²) in [6, 6.07) is 5.14. The van der Waals surface area contributed by atoms with E-state index >= 15 is 0 Å². The number of rotatable bonds is 3. The van der Waals surface area contributed by atoms with Gasteiger partial charge in [-0.25, -0.2) is 0 Å². The molecular formula is C11H12ClIN2OS. The van der Waals surface area contributed by atoms with Crippen LogP contribution in [0, 0.1) is 3.57 Å². The molecule has 1 aromatic carbocycles. The Morgan fingerprint density at radius 1 is 1.53 bits per heavy atom. The molecule has 0 heterocycles. The Hall–Kier alpha value is -0.400. The molecule has 3 nitrogen and oxygen atoms in total. The third-order valence-corrected chi connectivity index (χ3v) is 3.90. The van der Waals surface area contributed by atoms with Crippen LogP contribution in [0.5, 0.6) is 0 Å². The van der Waals surface area contributed by atoms with Gasteiger partial charge in [-0.1, -0.05) is 23.8 Å². The van der Waals surface area contributed by atoms with Crippen molar-refractivity contribution >= 4 is 57.3 Å². The zero-order valence-electron chi connectivity index (χ0n) is 9.38. The highest BCUT2D eigenvalue weighted by molar-refractivity contribution is 14.1. The number of nitrogens with two attached hydrogens (primary N) is 1. The monoisotopic (exact) mass is 382 g/mol. The molecule has 0 saturated heterocycles. The maximum absolute atomic E-state index is 12.0. The molecule has 0 atom stereocenters. The molecule has 6 heteroatoms. The topological polar surface area (TPSA) is 55.1 Å². The van der Waals surface area contributed by atoms with Gasteiger partial charge < -0.3 is 11.1 Å². The third kappa shape index (κ3) is 3.79. The lowest BCUT2D eigenvalue weighted by Gasteiger charge is -2.25. The molecule has 0 aliphatic heterocycles. The summed E-state index contributed by atoms with van der Waals surface area (Å²) in [6.45, 7) is 3.51. The van der Waals surface area contributed by atoms with Crippen LogP contribution in [0.25, 0.3) is 0 Å². The zero-order chi connectivity index (χ0) is 13.2. The molecule has 3 N–H and O–H groups in total. The van der Waals surface area contributed by atoms with Crippen LogP contribution in [0.1, 0.15) is 24.2 Å². The number of thiocarbonyl (C=S) groups is 1. The minimum absolute atomic E-state index is 0.239. The van der Waals surface area contributed by atoms with Crippen LogP contribution in [0.2, 0.25) is 5.02 Å². The van der Waals surface area contributed by atoms with Gasteiger partial charge in [-0.15, -0.1) is 0 Å². The van der Waals surface area contributed by atoms with Gasteiger partial charge in [-0.2, -0.15) is 0 Å². The maximum atomic E-state index is 12.0. The van der Waals surface area contributed by atoms with E-state index in [1.54, 1.807) is 32.0 Å². The van der Waals surface area contributed by atoms with E-state index in [1.165, 1.54) is 0 Å². The molecule has 0 spiro atoms. The molecule has 0 aromatic heterocycles. The Kier molecular flexibility index (Phi) is 4.74. The highest BCUT2D eigenvalue weighted by Gasteiger charge is 2.25. The first-order chi connectivity index (χ1) is 7.74. The first-order valence-corrected chi connectivity index (χ1v) is 6.68. The predicted octanol–water partition coefficient (Wildman–Crippen LogP) is 2.74. The number of carbonyl (C=O) groups is 1. The van der Waals surface area contributed by atoms with Crippen LogP contribution < -0.4 is 11.1 Å². The standard InChI is InChI=1S/C11H12ClIN2OS/c1-11(2,10(14)17)15-9(16)7-5-6(12)3-4-8(7)13/h3-5H,1-2H3,(H2,14,17)(H,15,16). The van der Waals surface area contributed by atoms with Gasteiger partial charge in [-0.3, -0.25) is 4.79 Å². The van der Waals surface area contributed by atoms with Gasteiger partial charge in [0.25, 0.3) is 5.91 Å². The van der Waals surface area contributed by atoms with E-state index < -0.39 is 5.54 Å². The molecule has 0 unspecified atom stereocenters. The first kappa shape index (κ1) is 14.7. The summed E-state index contributed by atoms with van der Waals surface area (Å²) in [6.07, 6.45) is 0. The van der Waals surface area contributed by atoms with Crippen molar-refractivity contribution in [3.63, 3.8) is 0 Å². The second kappa shape index (κ2) is 5.49. The van der Waals surface area contributed by atoms with Crippen molar-refractivity contribution in [3.8, 4) is 0 Å². The van der Waals surface area contributed by atoms with Crippen molar-refractivity contribution in [2.45, 2.75) is 19.4 Å². The van der Waals surface area contributed by atoms with Crippen molar-refractivity contribution in [1.82, 2.24) is 5.32 Å². The number of hydrogen-bond donors (Lipinski definition) is 2. The van der Waals surface area contributed by atoms with Crippen molar-refractivity contribution in [3.05, 3.63) is 32.4 Å². The maximum Gasteiger partial charge on any atom is 0.253 e. The molecule has 0 fully saturated rings. The van der Waals surface area contributed by atoms with Gasteiger partial charge in [0, 0.05) is 8.59 Å². The predicted molar refractivity (Wildman–Crippen MR) is 82.5 cm³/mol. The van der Waals surface area contributed by atoms with E-state index in [-0.39, 0.29) is 10.9 Å². The number of hydrogen-bond acceptors (Lipinski definition) is 2. The van der Waals surface area contributed by atoms with Crippen LogP contribution in [0.3, 0.4) is 0 Å². The highest BCUT2D eigenvalue weighted by atomic mass is 127. The quantitative estimate of drug-likeness (QED) is 0.624. The molecular weight excluding hydrogens is 371 g/mol. The molecule has 0 saturated carbocycles. The summed E-state index contributed by atoms with van der Waals surface area (Å²) in [5, 5.41) is 3.29. The van der Waals surface area contributed by atoms with E-state index in [0.29, 0.717) is 10.6 Å². The Balaban J connectivity index is 2.98. The van der Waals surface area contributed by atoms with Gasteiger partial charge in [0.1, 0.15) is 0 Å². The number of amides is 1. The average Bonchev–Trinajstić information content (AvgIpc) is 2.20. The largest absolute Gasteiger partial charge is 0.391 e. The fourth-order valence-corrected chi connectivity index (χ4v) is 1.89. The lowest BCUT2D eigenvalue weighted by atomic mass is 10.1. The molecule has 0 radical (unpaired) electrons. The lowest BCUT2D eigenvalue weighted by Crippen LogP contribution is -2.52. The van der Waals surface area contributed by atoms with Crippen LogP contribution in [0.15, 0.2) is 18.2 Å². The summed E-state index contributed by atoms with van der Waals surface area (Å²) in [5.74, 6) is -0.241. The van der Waals surface area contributed by atoms with Crippen LogP contribution in [0.4, 0.5) is 0 Å². The average molecular weight is 383 g/mol. The second-order valence-electron chi connectivity index (χ2n) is 4.07. The summed E-state index contributed by atoms with van der Waals surface area (Å²) < 4.78 is 0.822. The van der Waals surface area contributed by atoms with Crippen molar-refractivity contribution in [2.24, 2.45) is 5.73 Å². The molecule has 0 bridgehead atoms. The normalized spacial score (nSPS) is 11.1. The van der Waals surface area contributed by atoms with E-state index in [9.17, 15) is 4.79 Å². The Labute approximate surface area is 124 Å². The van der Waals surface area contributed by atoms with Crippen LogP contribution >= 0.6 is 46.4 Å². The van der Waals surface area contributed by atoms with Gasteiger partial charge in [0.15, 0.2) is 0 Å². The highest BCUT2D eigenvalue weighted by Crippen LogP contribution is 2.18. The summed E-state index contributed by atoms with van der Waals surface area (Å²) in [7, 11) is 0. The summed E-state index contributed by atoms with van der Waals surface area (Å²) in [4.78, 5) is 12.3. The van der Waals surface area contributed by atoms with Crippen LogP contribution in [-0.4, -0.2) is 16.4 Å². The van der Waals surface area contributed by atoms with Crippen molar-refractivity contribution in [1.29, 1.82) is 0 Å². The fourth-order valence-electron chi connectivity index (χ4n) is 1.08. The Morgan fingerprint density at radius 2 is 2.12 bits per heavy atom. The molecule has 1 amide bonds. The van der Waals surface area contributed by atoms with E-state index in [0.717, 1.165) is 3.57 Å². The zero-order valence-corrected chi connectivity index (χ0v) is 13.1. The fraction of sp³-hybridized carbons (Fsp3) is 0.273. The van der Waals surface area contributed by atoms with Crippen molar-refractivity contribution < 1.29 is 4.79 Å². The molecule has 0 aliphatic carbocycles. The van der Waals surface area contributed by atoms with E-state index in [2.05, 4.69) is 27.9 Å². The summed E-state index contributed by atoms with van der Waals surface area (Å²) >= 11 is 12.8. The SMILES string of the molecule is CC(C)(NC(=O)c1cc(Cl)ccc1I)C(N)=S. The smallest absolute Gasteiger partial charge is 0.253 e. The number of nitrogens with one attached hydrogen (secondary N) is 1. The number of carbonyl (C=O) groups excluding carboxylic acids is 1. The molecule has 1 aromatic rings. The third-order valence-electron chi connectivity index (χ3n) is 2.22. The van der Waals surface area contributed by atoms with Gasteiger partial charge in [0.2, 0.25) is 0 Å². The molecule has 17 heavy (non-hydrogen) atoms. The van der Waals surface area contributed by atoms with Crippen LogP contribution in [-0.2, 0) is 0 Å². The van der Waals surface area contributed by atoms with Crippen molar-refractivity contribution in [2.75, 3.05) is 0 Å². The minimum atomic E-state index is -0.724. The molecule has 1 rings (SSSR count). The number of benzene rings is 1. The second-order valence-corrected chi connectivity index (χ2v) is 6.11. The Morgan fingerprint density at radius 3 is 2.65 bits per heavy atom. The number of halogens is 2. The van der Waals surface area contributed by atoms with E-state index in [1.807, 2.05) is 0 Å². The minimum Gasteiger partial charge on any atom is -0.391 e.